The number of phenolic OH excluding ortho intramolecular Hbond substituents is 1. The second-order valence-corrected chi connectivity index (χ2v) is 6.56. The summed E-state index contributed by atoms with van der Waals surface area (Å²) in [5.41, 5.74) is 2.89. The number of aromatic nitrogens is 3. The second kappa shape index (κ2) is 4.69. The van der Waals surface area contributed by atoms with Crippen molar-refractivity contribution in [2.75, 3.05) is 0 Å². The lowest BCUT2D eigenvalue weighted by molar-refractivity contribution is 0.478. The number of rotatable bonds is 1. The van der Waals surface area contributed by atoms with Crippen molar-refractivity contribution in [1.29, 1.82) is 0 Å². The van der Waals surface area contributed by atoms with Gasteiger partial charge in [0, 0.05) is 45.2 Å². The number of nitrogens with one attached hydrogen (secondary N) is 2. The van der Waals surface area contributed by atoms with Crippen molar-refractivity contribution >= 4 is 43.4 Å². The van der Waals surface area contributed by atoms with Crippen molar-refractivity contribution in [1.82, 2.24) is 15.0 Å². The molecule has 116 valence electrons. The second-order valence-electron chi connectivity index (χ2n) is 5.64. The van der Waals surface area contributed by atoms with Crippen LogP contribution in [0.15, 0.2) is 52.9 Å². The molecule has 0 saturated heterocycles. The molecule has 0 fully saturated rings. The molecule has 0 unspecified atom stereocenters. The number of thiophene rings is 1. The Morgan fingerprint density at radius 2 is 2.08 bits per heavy atom. The maximum Gasteiger partial charge on any atom is 0.266 e. The van der Waals surface area contributed by atoms with E-state index in [1.807, 2.05) is 29.8 Å². The first kappa shape index (κ1) is 13.3. The fourth-order valence-corrected chi connectivity index (χ4v) is 4.00. The topological polar surface area (TPSA) is 81.8 Å². The number of benzene rings is 1. The SMILES string of the molecule is O=c1[nH]c2ccc(O)c(-c3cnc4[nH]ccc4c3)c2c2ccsc12. The van der Waals surface area contributed by atoms with E-state index in [9.17, 15) is 9.90 Å². The van der Waals surface area contributed by atoms with E-state index in [4.69, 9.17) is 0 Å². The summed E-state index contributed by atoms with van der Waals surface area (Å²) in [6, 6.07) is 9.18. The van der Waals surface area contributed by atoms with Gasteiger partial charge in [0.05, 0.1) is 0 Å². The van der Waals surface area contributed by atoms with Crippen LogP contribution >= 0.6 is 11.3 Å². The van der Waals surface area contributed by atoms with Crippen molar-refractivity contribution in [3.05, 3.63) is 58.5 Å². The molecular formula is C18H11N3O2S. The third-order valence-corrected chi connectivity index (χ3v) is 5.17. The van der Waals surface area contributed by atoms with Gasteiger partial charge in [-0.1, -0.05) is 0 Å². The zero-order chi connectivity index (χ0) is 16.3. The van der Waals surface area contributed by atoms with E-state index < -0.39 is 0 Å². The van der Waals surface area contributed by atoms with Gasteiger partial charge >= 0.3 is 0 Å². The van der Waals surface area contributed by atoms with Crippen LogP contribution in [0.5, 0.6) is 5.75 Å². The molecule has 0 aliphatic heterocycles. The molecule has 5 aromatic rings. The van der Waals surface area contributed by atoms with Gasteiger partial charge in [0.2, 0.25) is 0 Å². The van der Waals surface area contributed by atoms with Crippen LogP contribution in [-0.4, -0.2) is 20.1 Å². The van der Waals surface area contributed by atoms with Crippen LogP contribution in [0.1, 0.15) is 0 Å². The fraction of sp³-hybridized carbons (Fsp3) is 0. The van der Waals surface area contributed by atoms with E-state index in [0.29, 0.717) is 15.8 Å². The minimum Gasteiger partial charge on any atom is -0.507 e. The lowest BCUT2D eigenvalue weighted by Crippen LogP contribution is -2.04. The van der Waals surface area contributed by atoms with E-state index in [1.165, 1.54) is 11.3 Å². The van der Waals surface area contributed by atoms with Gasteiger partial charge in [-0.3, -0.25) is 4.79 Å². The van der Waals surface area contributed by atoms with Gasteiger partial charge in [-0.05, 0) is 35.7 Å². The third kappa shape index (κ3) is 1.74. The van der Waals surface area contributed by atoms with E-state index in [-0.39, 0.29) is 11.3 Å². The summed E-state index contributed by atoms with van der Waals surface area (Å²) in [5, 5.41) is 15.1. The minimum atomic E-state index is -0.108. The highest BCUT2D eigenvalue weighted by molar-refractivity contribution is 7.17. The molecule has 6 heteroatoms. The average molecular weight is 333 g/mol. The highest BCUT2D eigenvalue weighted by Gasteiger charge is 2.16. The maximum atomic E-state index is 12.2. The third-order valence-electron chi connectivity index (χ3n) is 4.26. The van der Waals surface area contributed by atoms with Crippen LogP contribution in [-0.2, 0) is 0 Å². The van der Waals surface area contributed by atoms with Crippen LogP contribution in [0.3, 0.4) is 0 Å². The molecule has 0 atom stereocenters. The molecule has 0 radical (unpaired) electrons. The van der Waals surface area contributed by atoms with Crippen LogP contribution in [0.2, 0.25) is 0 Å². The quantitative estimate of drug-likeness (QED) is 0.434. The van der Waals surface area contributed by atoms with E-state index in [0.717, 1.165) is 27.4 Å². The molecule has 3 N–H and O–H groups in total. The van der Waals surface area contributed by atoms with Crippen molar-refractivity contribution in [3.8, 4) is 16.9 Å². The van der Waals surface area contributed by atoms with E-state index >= 15 is 0 Å². The fourth-order valence-electron chi connectivity index (χ4n) is 3.21. The number of H-pyrrole nitrogens is 2. The number of aromatic amines is 2. The first-order chi connectivity index (χ1) is 11.7. The molecule has 5 nitrogen and oxygen atoms in total. The summed E-state index contributed by atoms with van der Waals surface area (Å²) in [6.07, 6.45) is 3.57. The number of phenols is 1. The van der Waals surface area contributed by atoms with Gasteiger partial charge in [-0.15, -0.1) is 11.3 Å². The van der Waals surface area contributed by atoms with Gasteiger partial charge in [-0.25, -0.2) is 4.98 Å². The molecule has 0 aliphatic carbocycles. The normalized spacial score (nSPS) is 11.7. The average Bonchev–Trinajstić information content (AvgIpc) is 3.24. The van der Waals surface area contributed by atoms with Gasteiger partial charge in [0.1, 0.15) is 16.1 Å². The Kier molecular flexibility index (Phi) is 2.60. The highest BCUT2D eigenvalue weighted by atomic mass is 32.1. The Labute approximate surface area is 139 Å². The molecule has 5 rings (SSSR count). The number of aromatic hydroxyl groups is 1. The molecule has 4 aromatic heterocycles. The van der Waals surface area contributed by atoms with Crippen LogP contribution in [0.4, 0.5) is 0 Å². The standard InChI is InChI=1S/C18H11N3O2S/c22-13-2-1-12-15(11-4-6-24-16(11)18(23)21-12)14(13)10-7-9-3-5-19-17(9)20-8-10/h1-8,22H,(H,19,20)(H,21,23). The molecule has 1 aromatic carbocycles. The zero-order valence-corrected chi connectivity index (χ0v) is 13.1. The Morgan fingerprint density at radius 1 is 1.17 bits per heavy atom. The van der Waals surface area contributed by atoms with Gasteiger partial charge in [-0.2, -0.15) is 0 Å². The number of hydrogen-bond acceptors (Lipinski definition) is 4. The molecular weight excluding hydrogens is 322 g/mol. The van der Waals surface area contributed by atoms with Crippen LogP contribution < -0.4 is 5.56 Å². The van der Waals surface area contributed by atoms with E-state index in [2.05, 4.69) is 15.0 Å². The Balaban J connectivity index is 1.98. The number of pyridine rings is 2. The molecule has 0 bridgehead atoms. The van der Waals surface area contributed by atoms with Crippen molar-refractivity contribution in [2.45, 2.75) is 0 Å². The molecule has 24 heavy (non-hydrogen) atoms. The maximum absolute atomic E-state index is 12.2. The Morgan fingerprint density at radius 3 is 3.00 bits per heavy atom. The van der Waals surface area contributed by atoms with Gasteiger partial charge < -0.3 is 15.1 Å². The van der Waals surface area contributed by atoms with Gasteiger partial charge in [0.15, 0.2) is 0 Å². The number of hydrogen-bond donors (Lipinski definition) is 3. The van der Waals surface area contributed by atoms with E-state index in [1.54, 1.807) is 18.3 Å². The van der Waals surface area contributed by atoms with Gasteiger partial charge in [0.25, 0.3) is 5.56 Å². The summed E-state index contributed by atoms with van der Waals surface area (Å²) in [5.74, 6) is 0.165. The summed E-state index contributed by atoms with van der Waals surface area (Å²) in [6.45, 7) is 0. The smallest absolute Gasteiger partial charge is 0.266 e. The van der Waals surface area contributed by atoms with Crippen LogP contribution in [0, 0.1) is 0 Å². The predicted molar refractivity (Wildman–Crippen MR) is 96.7 cm³/mol. The van der Waals surface area contributed by atoms with Crippen LogP contribution in [0.25, 0.3) is 43.1 Å². The summed E-state index contributed by atoms with van der Waals surface area (Å²) >= 11 is 1.40. The van der Waals surface area contributed by atoms with Crippen molar-refractivity contribution in [3.63, 3.8) is 0 Å². The molecule has 0 saturated carbocycles. The van der Waals surface area contributed by atoms with Crippen molar-refractivity contribution < 1.29 is 5.11 Å². The molecule has 0 amide bonds. The first-order valence-corrected chi connectivity index (χ1v) is 8.29. The Hall–Kier alpha value is -3.12. The largest absolute Gasteiger partial charge is 0.507 e. The first-order valence-electron chi connectivity index (χ1n) is 7.41. The molecule has 0 spiro atoms. The number of fused-ring (bicyclic) bond motifs is 4. The predicted octanol–water partition coefficient (Wildman–Crippen LogP) is 3.99. The summed E-state index contributed by atoms with van der Waals surface area (Å²) in [7, 11) is 0. The highest BCUT2D eigenvalue weighted by Crippen LogP contribution is 2.39. The monoisotopic (exact) mass is 333 g/mol. The zero-order valence-electron chi connectivity index (χ0n) is 12.3. The summed E-state index contributed by atoms with van der Waals surface area (Å²) in [4.78, 5) is 22.6. The minimum absolute atomic E-state index is 0.108. The molecule has 4 heterocycles. The summed E-state index contributed by atoms with van der Waals surface area (Å²) < 4.78 is 0.657. The lowest BCUT2D eigenvalue weighted by Gasteiger charge is -2.10. The molecule has 0 aliphatic rings. The number of nitrogens with zero attached hydrogens (tertiary/aromatic N) is 1. The Bertz CT molecular complexity index is 1300. The van der Waals surface area contributed by atoms with Crippen molar-refractivity contribution in [2.24, 2.45) is 0 Å². The lowest BCUT2D eigenvalue weighted by atomic mass is 9.98.